The molecule has 11 unspecified atom stereocenters. The summed E-state index contributed by atoms with van der Waals surface area (Å²) in [6.07, 6.45) is 3.08. The third-order valence-electron chi connectivity index (χ3n) is 13.8. The van der Waals surface area contributed by atoms with Crippen LogP contribution in [0.15, 0.2) is 0 Å². The Balaban J connectivity index is 1.64. The average Bonchev–Trinajstić information content (AvgIpc) is 2.76. The van der Waals surface area contributed by atoms with Crippen molar-refractivity contribution in [3.8, 4) is 0 Å². The predicted molar refractivity (Wildman–Crippen MR) is 137 cm³/mol. The number of carboxylic acids is 1. The predicted octanol–water partition coefficient (Wildman–Crippen LogP) is 4.37. The second-order valence-corrected chi connectivity index (χ2v) is 15.9. The molecule has 0 aliphatic heterocycles. The van der Waals surface area contributed by atoms with E-state index in [-0.39, 0.29) is 28.1 Å². The molecule has 0 aromatic carbocycles. The van der Waals surface area contributed by atoms with Crippen LogP contribution in [-0.4, -0.2) is 55.4 Å². The van der Waals surface area contributed by atoms with E-state index >= 15 is 0 Å². The maximum atomic E-state index is 12.8. The van der Waals surface area contributed by atoms with Crippen molar-refractivity contribution in [3.05, 3.63) is 0 Å². The molecule has 6 nitrogen and oxygen atoms in total. The van der Waals surface area contributed by atoms with Gasteiger partial charge < -0.3 is 25.5 Å². The molecule has 6 heteroatoms. The van der Waals surface area contributed by atoms with Gasteiger partial charge in [0.1, 0.15) is 5.60 Å². The zero-order valence-electron chi connectivity index (χ0n) is 23.5. The van der Waals surface area contributed by atoms with Gasteiger partial charge >= 0.3 is 5.97 Å². The normalized spacial score (nSPS) is 57.5. The third kappa shape index (κ3) is 2.91. The summed E-state index contributed by atoms with van der Waals surface area (Å²) in [6.45, 7) is 15.1. The van der Waals surface area contributed by atoms with Gasteiger partial charge in [0.05, 0.1) is 23.7 Å². The second kappa shape index (κ2) is 7.49. The van der Waals surface area contributed by atoms with Crippen molar-refractivity contribution >= 4 is 5.97 Å². The van der Waals surface area contributed by atoms with Crippen LogP contribution in [0.3, 0.4) is 0 Å². The van der Waals surface area contributed by atoms with E-state index in [4.69, 9.17) is 0 Å². The monoisotopic (exact) mass is 506 g/mol. The molecule has 0 aromatic heterocycles. The molecule has 11 atom stereocenters. The standard InChI is InChI=1S/C30H50O6/c1-24(2)10-12-29(23(34)35)13-11-28(7)27(6)9-8-18-25(3,4)22(33)17(31)15-26(18,5)19(27)14-21(32)30(28,36)20(29)16-24/h17-22,31-33,36H,8-16H2,1-7H3,(H,34,35). The van der Waals surface area contributed by atoms with E-state index in [1.54, 1.807) is 0 Å². The van der Waals surface area contributed by atoms with Gasteiger partial charge in [-0.3, -0.25) is 4.79 Å². The molecule has 0 amide bonds. The molecule has 5 N–H and O–H groups in total. The molecule has 0 radical (unpaired) electrons. The fourth-order valence-electron chi connectivity index (χ4n) is 11.5. The first kappa shape index (κ1) is 26.9. The highest BCUT2D eigenvalue weighted by Gasteiger charge is 2.78. The van der Waals surface area contributed by atoms with Gasteiger partial charge in [0.2, 0.25) is 0 Å². The van der Waals surface area contributed by atoms with Gasteiger partial charge in [0, 0.05) is 11.3 Å². The van der Waals surface area contributed by atoms with E-state index in [1.165, 1.54) is 0 Å². The van der Waals surface area contributed by atoms with Crippen LogP contribution in [-0.2, 0) is 4.79 Å². The minimum absolute atomic E-state index is 0.0550. The molecule has 5 aliphatic carbocycles. The zero-order chi connectivity index (χ0) is 26.9. The molecule has 0 saturated heterocycles. The van der Waals surface area contributed by atoms with Crippen molar-refractivity contribution in [2.45, 2.75) is 130 Å². The van der Waals surface area contributed by atoms with Gasteiger partial charge in [-0.2, -0.15) is 0 Å². The Bertz CT molecular complexity index is 946. The number of hydrogen-bond acceptors (Lipinski definition) is 5. The molecule has 0 spiro atoms. The molecule has 5 aliphatic rings. The summed E-state index contributed by atoms with van der Waals surface area (Å²) in [7, 11) is 0. The Morgan fingerprint density at radius 2 is 1.39 bits per heavy atom. The lowest BCUT2D eigenvalue weighted by Crippen LogP contribution is -2.79. The summed E-state index contributed by atoms with van der Waals surface area (Å²) in [5, 5.41) is 57.3. The number of fused-ring (bicyclic) bond motifs is 7. The lowest BCUT2D eigenvalue weighted by molar-refractivity contribution is -0.346. The van der Waals surface area contributed by atoms with Gasteiger partial charge in [-0.15, -0.1) is 0 Å². The van der Waals surface area contributed by atoms with Crippen molar-refractivity contribution in [2.75, 3.05) is 0 Å². The van der Waals surface area contributed by atoms with E-state index in [1.807, 2.05) is 0 Å². The van der Waals surface area contributed by atoms with Gasteiger partial charge in [-0.25, -0.2) is 0 Å². The largest absolute Gasteiger partial charge is 0.481 e. The highest BCUT2D eigenvalue weighted by atomic mass is 16.4. The van der Waals surface area contributed by atoms with Crippen LogP contribution >= 0.6 is 0 Å². The zero-order valence-corrected chi connectivity index (χ0v) is 23.5. The van der Waals surface area contributed by atoms with Crippen molar-refractivity contribution < 1.29 is 30.3 Å². The van der Waals surface area contributed by atoms with Gasteiger partial charge in [-0.05, 0) is 91.3 Å². The molecule has 5 rings (SSSR count). The molecule has 5 saturated carbocycles. The number of hydrogen-bond donors (Lipinski definition) is 5. The van der Waals surface area contributed by atoms with Crippen LogP contribution < -0.4 is 0 Å². The Morgan fingerprint density at radius 1 is 0.778 bits per heavy atom. The number of aliphatic hydroxyl groups excluding tert-OH is 3. The Morgan fingerprint density at radius 3 is 2.00 bits per heavy atom. The first-order valence-corrected chi connectivity index (χ1v) is 14.3. The molecule has 5 fully saturated rings. The summed E-state index contributed by atoms with van der Waals surface area (Å²) < 4.78 is 0. The molecule has 0 aromatic rings. The molecule has 0 bridgehead atoms. The van der Waals surface area contributed by atoms with Crippen LogP contribution in [0.2, 0.25) is 0 Å². The van der Waals surface area contributed by atoms with Gasteiger partial charge in [0.25, 0.3) is 0 Å². The fourth-order valence-corrected chi connectivity index (χ4v) is 11.5. The van der Waals surface area contributed by atoms with Crippen molar-refractivity contribution in [2.24, 2.45) is 50.2 Å². The summed E-state index contributed by atoms with van der Waals surface area (Å²) in [5.74, 6) is -1.07. The number of carboxylic acid groups (broad SMARTS) is 1. The highest BCUT2D eigenvalue weighted by Crippen LogP contribution is 2.78. The first-order chi connectivity index (χ1) is 16.3. The van der Waals surface area contributed by atoms with Crippen LogP contribution in [0.25, 0.3) is 0 Å². The minimum Gasteiger partial charge on any atom is -0.481 e. The topological polar surface area (TPSA) is 118 Å². The lowest BCUT2D eigenvalue weighted by atomic mass is 9.29. The van der Waals surface area contributed by atoms with Crippen LogP contribution in [0.1, 0.15) is 106 Å². The van der Waals surface area contributed by atoms with Gasteiger partial charge in [0.15, 0.2) is 0 Å². The average molecular weight is 507 g/mol. The lowest BCUT2D eigenvalue weighted by Gasteiger charge is -2.76. The molecule has 36 heavy (non-hydrogen) atoms. The summed E-state index contributed by atoms with van der Waals surface area (Å²) >= 11 is 0. The maximum Gasteiger partial charge on any atom is 0.310 e. The Labute approximate surface area is 216 Å². The van der Waals surface area contributed by atoms with E-state index in [0.29, 0.717) is 38.5 Å². The quantitative estimate of drug-likeness (QED) is 0.360. The second-order valence-electron chi connectivity index (χ2n) is 15.9. The molecule has 0 heterocycles. The van der Waals surface area contributed by atoms with Crippen molar-refractivity contribution in [1.29, 1.82) is 0 Å². The SMILES string of the molecule is CC1(C)CCC2(C(=O)O)CCC3(C)C4(C)CCC5C(C)(C)C(O)C(O)CC5(C)C4CC(O)C3(O)C2C1. The first-order valence-electron chi connectivity index (χ1n) is 14.3. The maximum absolute atomic E-state index is 12.8. The van der Waals surface area contributed by atoms with E-state index < -0.39 is 52.0 Å². The fraction of sp³-hybridized carbons (Fsp3) is 0.967. The van der Waals surface area contributed by atoms with Crippen LogP contribution in [0.4, 0.5) is 0 Å². The van der Waals surface area contributed by atoms with Gasteiger partial charge in [-0.1, -0.05) is 48.5 Å². The Hall–Kier alpha value is -0.690. The summed E-state index contributed by atoms with van der Waals surface area (Å²) in [5.41, 5.74) is -4.30. The van der Waals surface area contributed by atoms with E-state index in [9.17, 15) is 30.3 Å². The van der Waals surface area contributed by atoms with Crippen LogP contribution in [0, 0.1) is 50.2 Å². The number of carbonyl (C=O) groups is 1. The summed E-state index contributed by atoms with van der Waals surface area (Å²) in [4.78, 5) is 12.8. The number of aliphatic hydroxyl groups is 4. The molecular formula is C30H50O6. The molecular weight excluding hydrogens is 456 g/mol. The minimum atomic E-state index is -1.49. The van der Waals surface area contributed by atoms with E-state index in [0.717, 1.165) is 19.3 Å². The van der Waals surface area contributed by atoms with E-state index in [2.05, 4.69) is 48.5 Å². The van der Waals surface area contributed by atoms with Crippen molar-refractivity contribution in [3.63, 3.8) is 0 Å². The van der Waals surface area contributed by atoms with Crippen LogP contribution in [0.5, 0.6) is 0 Å². The number of rotatable bonds is 1. The molecule has 206 valence electrons. The van der Waals surface area contributed by atoms with Crippen molar-refractivity contribution in [1.82, 2.24) is 0 Å². The summed E-state index contributed by atoms with van der Waals surface area (Å²) in [6, 6.07) is 0. The third-order valence-corrected chi connectivity index (χ3v) is 13.8. The smallest absolute Gasteiger partial charge is 0.310 e. The Kier molecular flexibility index (Phi) is 5.59. The number of aliphatic carboxylic acids is 1. The highest BCUT2D eigenvalue weighted by molar-refractivity contribution is 5.76.